The second kappa shape index (κ2) is 6.05. The second-order valence-corrected chi connectivity index (χ2v) is 7.90. The first kappa shape index (κ1) is 15.8. The zero-order valence-corrected chi connectivity index (χ0v) is 13.1. The Hall–Kier alpha value is -1.56. The minimum atomic E-state index is -3.32. The van der Waals surface area contributed by atoms with Crippen LogP contribution in [0.1, 0.15) is 20.3 Å². The average Bonchev–Trinajstić information content (AvgIpc) is 2.46. The molecule has 116 valence electrons. The Morgan fingerprint density at radius 1 is 1.33 bits per heavy atom. The molecule has 0 amide bonds. The van der Waals surface area contributed by atoms with Gasteiger partial charge in [-0.05, 0) is 24.5 Å². The van der Waals surface area contributed by atoms with Crippen molar-refractivity contribution in [1.29, 1.82) is 0 Å². The summed E-state index contributed by atoms with van der Waals surface area (Å²) in [7, 11) is -3.32. The van der Waals surface area contributed by atoms with Crippen LogP contribution in [0.15, 0.2) is 29.2 Å². The summed E-state index contributed by atoms with van der Waals surface area (Å²) in [6.07, 6.45) is 0.633. The molecule has 0 saturated carbocycles. The molecular weight excluding hydrogens is 290 g/mol. The van der Waals surface area contributed by atoms with Gasteiger partial charge < -0.3 is 10.0 Å². The van der Waals surface area contributed by atoms with Crippen LogP contribution in [0.3, 0.4) is 0 Å². The standard InChI is InChI=1S/C15H21NO4S/c1-3-21(19,20)14-7-5-4-6-13(14)16-9-11(2)8-12(10-16)15(17)18/h4-7,11-12H,3,8-10H2,1-2H3,(H,17,18). The summed E-state index contributed by atoms with van der Waals surface area (Å²) in [4.78, 5) is 13.5. The number of carboxylic acid groups (broad SMARTS) is 1. The van der Waals surface area contributed by atoms with Crippen LogP contribution >= 0.6 is 0 Å². The first-order chi connectivity index (χ1) is 9.85. The number of rotatable bonds is 4. The van der Waals surface area contributed by atoms with Crippen molar-refractivity contribution in [3.63, 3.8) is 0 Å². The fourth-order valence-electron chi connectivity index (χ4n) is 2.86. The number of benzene rings is 1. The average molecular weight is 311 g/mol. The molecule has 0 aromatic heterocycles. The van der Waals surface area contributed by atoms with E-state index in [2.05, 4.69) is 0 Å². The van der Waals surface area contributed by atoms with E-state index >= 15 is 0 Å². The lowest BCUT2D eigenvalue weighted by Crippen LogP contribution is -2.43. The largest absolute Gasteiger partial charge is 0.481 e. The lowest BCUT2D eigenvalue weighted by molar-refractivity contribution is -0.142. The molecule has 1 aromatic rings. The zero-order valence-electron chi connectivity index (χ0n) is 12.3. The minimum absolute atomic E-state index is 0.0375. The Morgan fingerprint density at radius 2 is 2.00 bits per heavy atom. The van der Waals surface area contributed by atoms with E-state index in [0.717, 1.165) is 0 Å². The van der Waals surface area contributed by atoms with E-state index in [1.54, 1.807) is 31.2 Å². The molecular formula is C15H21NO4S. The quantitative estimate of drug-likeness (QED) is 0.921. The molecule has 0 radical (unpaired) electrons. The van der Waals surface area contributed by atoms with Gasteiger partial charge in [0.15, 0.2) is 9.84 Å². The number of aliphatic carboxylic acids is 1. The van der Waals surface area contributed by atoms with Gasteiger partial charge in [0.05, 0.1) is 22.3 Å². The number of carboxylic acids is 1. The Balaban J connectivity index is 2.40. The lowest BCUT2D eigenvalue weighted by atomic mass is 9.90. The fourth-order valence-corrected chi connectivity index (χ4v) is 3.98. The number of para-hydroxylation sites is 1. The van der Waals surface area contributed by atoms with Crippen molar-refractivity contribution in [2.75, 3.05) is 23.7 Å². The minimum Gasteiger partial charge on any atom is -0.481 e. The van der Waals surface area contributed by atoms with E-state index in [1.807, 2.05) is 11.8 Å². The monoisotopic (exact) mass is 311 g/mol. The molecule has 2 rings (SSSR count). The molecule has 2 unspecified atom stereocenters. The van der Waals surface area contributed by atoms with Crippen LogP contribution in [0, 0.1) is 11.8 Å². The molecule has 21 heavy (non-hydrogen) atoms. The Kier molecular flexibility index (Phi) is 4.56. The van der Waals surface area contributed by atoms with Crippen LogP contribution in [-0.4, -0.2) is 38.3 Å². The summed E-state index contributed by atoms with van der Waals surface area (Å²) in [5.41, 5.74) is 0.622. The first-order valence-corrected chi connectivity index (χ1v) is 8.80. The van der Waals surface area contributed by atoms with Crippen molar-refractivity contribution in [2.45, 2.75) is 25.2 Å². The van der Waals surface area contributed by atoms with Crippen LogP contribution in [0.4, 0.5) is 5.69 Å². The van der Waals surface area contributed by atoms with Gasteiger partial charge in [-0.25, -0.2) is 8.42 Å². The van der Waals surface area contributed by atoms with Crippen LogP contribution < -0.4 is 4.90 Å². The smallest absolute Gasteiger partial charge is 0.308 e. The third-order valence-electron chi connectivity index (χ3n) is 3.93. The maximum atomic E-state index is 12.2. The summed E-state index contributed by atoms with van der Waals surface area (Å²) in [6.45, 7) is 4.65. The summed E-state index contributed by atoms with van der Waals surface area (Å²) in [5, 5.41) is 9.25. The molecule has 0 bridgehead atoms. The maximum absolute atomic E-state index is 12.2. The Morgan fingerprint density at radius 3 is 2.62 bits per heavy atom. The molecule has 1 aliphatic heterocycles. The van der Waals surface area contributed by atoms with Crippen molar-refractivity contribution in [1.82, 2.24) is 0 Å². The summed E-state index contributed by atoms with van der Waals surface area (Å²) in [6, 6.07) is 6.86. The van der Waals surface area contributed by atoms with Gasteiger partial charge in [-0.1, -0.05) is 26.0 Å². The van der Waals surface area contributed by atoms with Crippen molar-refractivity contribution in [3.05, 3.63) is 24.3 Å². The van der Waals surface area contributed by atoms with Crippen LogP contribution in [0.5, 0.6) is 0 Å². The summed E-state index contributed by atoms with van der Waals surface area (Å²) in [5.74, 6) is -1.01. The van der Waals surface area contributed by atoms with Crippen LogP contribution in [0.25, 0.3) is 0 Å². The summed E-state index contributed by atoms with van der Waals surface area (Å²) >= 11 is 0. The highest BCUT2D eigenvalue weighted by atomic mass is 32.2. The lowest BCUT2D eigenvalue weighted by Gasteiger charge is -2.37. The normalized spacial score (nSPS) is 23.0. The molecule has 1 N–H and O–H groups in total. The number of hydrogen-bond donors (Lipinski definition) is 1. The number of anilines is 1. The number of carbonyl (C=O) groups is 1. The van der Waals surface area contributed by atoms with Crippen LogP contribution in [-0.2, 0) is 14.6 Å². The van der Waals surface area contributed by atoms with Gasteiger partial charge >= 0.3 is 5.97 Å². The van der Waals surface area contributed by atoms with Gasteiger partial charge in [0.2, 0.25) is 0 Å². The topological polar surface area (TPSA) is 74.7 Å². The van der Waals surface area contributed by atoms with E-state index in [1.165, 1.54) is 0 Å². The number of sulfone groups is 1. The van der Waals surface area contributed by atoms with Gasteiger partial charge in [-0.2, -0.15) is 0 Å². The molecule has 6 heteroatoms. The van der Waals surface area contributed by atoms with E-state index in [9.17, 15) is 18.3 Å². The molecule has 1 aromatic carbocycles. The van der Waals surface area contributed by atoms with E-state index in [4.69, 9.17) is 0 Å². The molecule has 2 atom stereocenters. The maximum Gasteiger partial charge on any atom is 0.308 e. The predicted molar refractivity (Wildman–Crippen MR) is 81.3 cm³/mol. The molecule has 1 saturated heterocycles. The van der Waals surface area contributed by atoms with Gasteiger partial charge in [0.25, 0.3) is 0 Å². The zero-order chi connectivity index (χ0) is 15.6. The first-order valence-electron chi connectivity index (χ1n) is 7.14. The summed E-state index contributed by atoms with van der Waals surface area (Å²) < 4.78 is 24.4. The number of nitrogens with zero attached hydrogens (tertiary/aromatic N) is 1. The molecule has 1 aliphatic rings. The van der Waals surface area contributed by atoms with Crippen LogP contribution in [0.2, 0.25) is 0 Å². The van der Waals surface area contributed by atoms with Crippen molar-refractivity contribution in [2.24, 2.45) is 11.8 Å². The molecule has 1 fully saturated rings. The SMILES string of the molecule is CCS(=O)(=O)c1ccccc1N1CC(C)CC(C(=O)O)C1. The van der Waals surface area contributed by atoms with Crippen molar-refractivity contribution < 1.29 is 18.3 Å². The molecule has 1 heterocycles. The third kappa shape index (κ3) is 3.37. The molecule has 5 nitrogen and oxygen atoms in total. The van der Waals surface area contributed by atoms with Crippen molar-refractivity contribution in [3.8, 4) is 0 Å². The predicted octanol–water partition coefficient (Wildman–Crippen LogP) is 2.03. The highest BCUT2D eigenvalue weighted by molar-refractivity contribution is 7.91. The highest BCUT2D eigenvalue weighted by Crippen LogP contribution is 2.31. The number of piperidine rings is 1. The third-order valence-corrected chi connectivity index (χ3v) is 5.71. The highest BCUT2D eigenvalue weighted by Gasteiger charge is 2.31. The van der Waals surface area contributed by atoms with Crippen molar-refractivity contribution >= 4 is 21.5 Å². The van der Waals surface area contributed by atoms with E-state index in [0.29, 0.717) is 30.1 Å². The van der Waals surface area contributed by atoms with E-state index < -0.39 is 21.7 Å². The molecule has 0 spiro atoms. The van der Waals surface area contributed by atoms with Gasteiger partial charge in [-0.3, -0.25) is 4.79 Å². The molecule has 0 aliphatic carbocycles. The fraction of sp³-hybridized carbons (Fsp3) is 0.533. The van der Waals surface area contributed by atoms with Gasteiger partial charge in [-0.15, -0.1) is 0 Å². The second-order valence-electron chi connectivity index (χ2n) is 5.65. The van der Waals surface area contributed by atoms with E-state index in [-0.39, 0.29) is 11.7 Å². The Bertz CT molecular complexity index is 626. The number of hydrogen-bond acceptors (Lipinski definition) is 4. The van der Waals surface area contributed by atoms with Gasteiger partial charge in [0, 0.05) is 13.1 Å². The Labute approximate surface area is 125 Å². The van der Waals surface area contributed by atoms with Gasteiger partial charge in [0.1, 0.15) is 0 Å².